The van der Waals surface area contributed by atoms with Crippen molar-refractivity contribution >= 4 is 28.1 Å². The van der Waals surface area contributed by atoms with Gasteiger partial charge in [-0.25, -0.2) is 0 Å². The quantitative estimate of drug-likeness (QED) is 0.928. The van der Waals surface area contributed by atoms with Crippen molar-refractivity contribution in [2.24, 2.45) is 0 Å². The maximum absolute atomic E-state index is 6.08. The molecule has 1 aliphatic heterocycles. The molecule has 1 N–H and O–H groups in total. The fourth-order valence-electron chi connectivity index (χ4n) is 1.56. The Morgan fingerprint density at radius 1 is 1.41 bits per heavy atom. The Kier molecular flexibility index (Phi) is 2.74. The van der Waals surface area contributed by atoms with E-state index in [2.05, 4.69) is 14.9 Å². The van der Waals surface area contributed by atoms with E-state index >= 15 is 0 Å². The summed E-state index contributed by atoms with van der Waals surface area (Å²) in [4.78, 5) is 0. The summed E-state index contributed by atoms with van der Waals surface area (Å²) in [5.41, 5.74) is 1.02. The fraction of sp³-hybridized carbons (Fsp3) is 0.200. The van der Waals surface area contributed by atoms with Crippen molar-refractivity contribution in [3.8, 4) is 11.5 Å². The third kappa shape index (κ3) is 2.13. The molecule has 0 spiro atoms. The van der Waals surface area contributed by atoms with E-state index in [4.69, 9.17) is 21.1 Å². The highest BCUT2D eigenvalue weighted by atomic mass is 35.5. The first-order chi connectivity index (χ1) is 8.33. The van der Waals surface area contributed by atoms with Gasteiger partial charge in [-0.1, -0.05) is 16.1 Å². The van der Waals surface area contributed by atoms with Gasteiger partial charge in [-0.05, 0) is 17.7 Å². The first-order valence-electron chi connectivity index (χ1n) is 4.92. The Labute approximate surface area is 106 Å². The molecule has 0 unspecified atom stereocenters. The van der Waals surface area contributed by atoms with E-state index in [1.54, 1.807) is 6.20 Å². The topological polar surface area (TPSA) is 56.3 Å². The molecule has 17 heavy (non-hydrogen) atoms. The smallest absolute Gasteiger partial charge is 0.231 e. The van der Waals surface area contributed by atoms with Crippen LogP contribution in [0.2, 0.25) is 5.02 Å². The van der Waals surface area contributed by atoms with Gasteiger partial charge < -0.3 is 14.8 Å². The minimum atomic E-state index is 0.227. The first-order valence-corrected chi connectivity index (χ1v) is 6.07. The number of benzene rings is 1. The molecule has 7 heteroatoms. The van der Waals surface area contributed by atoms with E-state index < -0.39 is 0 Å². The van der Waals surface area contributed by atoms with E-state index in [1.807, 2.05) is 12.1 Å². The van der Waals surface area contributed by atoms with Crippen LogP contribution in [0.1, 0.15) is 5.56 Å². The third-order valence-electron chi connectivity index (χ3n) is 2.32. The highest BCUT2D eigenvalue weighted by molar-refractivity contribution is 7.09. The third-order valence-corrected chi connectivity index (χ3v) is 3.22. The number of rotatable bonds is 3. The van der Waals surface area contributed by atoms with Gasteiger partial charge in [0, 0.05) is 18.1 Å². The van der Waals surface area contributed by atoms with Crippen LogP contribution in [0.4, 0.5) is 5.00 Å². The maximum Gasteiger partial charge on any atom is 0.231 e. The molecule has 0 fully saturated rings. The van der Waals surface area contributed by atoms with Crippen LogP contribution in [0.25, 0.3) is 0 Å². The van der Waals surface area contributed by atoms with Gasteiger partial charge in [-0.2, -0.15) is 0 Å². The Morgan fingerprint density at radius 2 is 2.35 bits per heavy atom. The van der Waals surface area contributed by atoms with Gasteiger partial charge in [-0.3, -0.25) is 0 Å². The highest BCUT2D eigenvalue weighted by Crippen LogP contribution is 2.39. The van der Waals surface area contributed by atoms with E-state index in [0.29, 0.717) is 23.1 Å². The molecule has 0 saturated carbocycles. The molecule has 0 atom stereocenters. The zero-order valence-electron chi connectivity index (χ0n) is 8.64. The molecule has 5 nitrogen and oxygen atoms in total. The molecular weight excluding hydrogens is 262 g/mol. The van der Waals surface area contributed by atoms with Crippen molar-refractivity contribution in [2.45, 2.75) is 6.54 Å². The number of ether oxygens (including phenoxy) is 2. The molecule has 2 aromatic rings. The lowest BCUT2D eigenvalue weighted by Gasteiger charge is -2.05. The molecular formula is C10H8ClN3O2S. The normalized spacial score (nSPS) is 12.8. The lowest BCUT2D eigenvalue weighted by molar-refractivity contribution is 0.174. The number of nitrogens with one attached hydrogen (secondary N) is 1. The molecule has 3 rings (SSSR count). The minimum Gasteiger partial charge on any atom is -0.454 e. The van der Waals surface area contributed by atoms with Gasteiger partial charge in [0.1, 0.15) is 5.00 Å². The number of hydrogen-bond donors (Lipinski definition) is 1. The summed E-state index contributed by atoms with van der Waals surface area (Å²) in [5.74, 6) is 1.31. The Bertz CT molecular complexity index is 533. The monoisotopic (exact) mass is 269 g/mol. The van der Waals surface area contributed by atoms with E-state index in [9.17, 15) is 0 Å². The fourth-order valence-corrected chi connectivity index (χ4v) is 2.26. The number of hydrogen-bond acceptors (Lipinski definition) is 6. The Balaban J connectivity index is 1.78. The Morgan fingerprint density at radius 3 is 3.18 bits per heavy atom. The number of anilines is 1. The van der Waals surface area contributed by atoms with Crippen LogP contribution in [-0.4, -0.2) is 16.4 Å². The van der Waals surface area contributed by atoms with E-state index in [0.717, 1.165) is 10.6 Å². The zero-order chi connectivity index (χ0) is 11.7. The molecule has 0 saturated heterocycles. The summed E-state index contributed by atoms with van der Waals surface area (Å²) < 4.78 is 14.3. The van der Waals surface area contributed by atoms with E-state index in [1.165, 1.54) is 11.5 Å². The van der Waals surface area contributed by atoms with Gasteiger partial charge in [0.25, 0.3) is 0 Å². The van der Waals surface area contributed by atoms with Gasteiger partial charge in [-0.15, -0.1) is 5.10 Å². The maximum atomic E-state index is 6.08. The molecule has 1 aliphatic rings. The summed E-state index contributed by atoms with van der Waals surface area (Å²) >= 11 is 7.39. The average molecular weight is 270 g/mol. The van der Waals surface area contributed by atoms with Crippen molar-refractivity contribution in [3.63, 3.8) is 0 Å². The number of halogens is 1. The molecule has 0 bridgehead atoms. The molecule has 0 amide bonds. The number of nitrogens with zero attached hydrogens (tertiary/aromatic N) is 2. The predicted molar refractivity (Wildman–Crippen MR) is 64.8 cm³/mol. The highest BCUT2D eigenvalue weighted by Gasteiger charge is 2.18. The summed E-state index contributed by atoms with van der Waals surface area (Å²) in [7, 11) is 0. The minimum absolute atomic E-state index is 0.227. The Hall–Kier alpha value is -1.53. The lowest BCUT2D eigenvalue weighted by Crippen LogP contribution is -1.97. The molecule has 0 radical (unpaired) electrons. The number of fused-ring (bicyclic) bond motifs is 1. The van der Waals surface area contributed by atoms with E-state index in [-0.39, 0.29) is 6.79 Å². The molecule has 88 valence electrons. The van der Waals surface area contributed by atoms with Crippen LogP contribution in [0.3, 0.4) is 0 Å². The van der Waals surface area contributed by atoms with Gasteiger partial charge in [0.2, 0.25) is 6.79 Å². The van der Waals surface area contributed by atoms with Crippen LogP contribution in [0.5, 0.6) is 11.5 Å². The molecule has 0 aliphatic carbocycles. The largest absolute Gasteiger partial charge is 0.454 e. The summed E-state index contributed by atoms with van der Waals surface area (Å²) in [6, 6.07) is 3.77. The summed E-state index contributed by atoms with van der Waals surface area (Å²) in [6.45, 7) is 0.866. The average Bonchev–Trinajstić information content (AvgIpc) is 2.97. The van der Waals surface area contributed by atoms with Crippen molar-refractivity contribution in [1.82, 2.24) is 9.59 Å². The van der Waals surface area contributed by atoms with Crippen molar-refractivity contribution < 1.29 is 9.47 Å². The second-order valence-electron chi connectivity index (χ2n) is 3.45. The van der Waals surface area contributed by atoms with Crippen LogP contribution in [-0.2, 0) is 6.54 Å². The second kappa shape index (κ2) is 4.38. The summed E-state index contributed by atoms with van der Waals surface area (Å²) in [6.07, 6.45) is 1.68. The zero-order valence-corrected chi connectivity index (χ0v) is 10.2. The number of aromatic nitrogens is 2. The second-order valence-corrected chi connectivity index (χ2v) is 4.64. The predicted octanol–water partition coefficient (Wildman–Crippen LogP) is 2.53. The summed E-state index contributed by atoms with van der Waals surface area (Å²) in [5, 5.41) is 8.43. The standard InChI is InChI=1S/C10H8ClN3O2S/c11-7-1-6(2-8-10(7)16-5-15-8)3-12-9-4-13-14-17-9/h1-2,4,12H,3,5H2. The molecule has 1 aromatic carbocycles. The van der Waals surface area contributed by atoms with Crippen molar-refractivity contribution in [2.75, 3.05) is 12.1 Å². The van der Waals surface area contributed by atoms with Crippen LogP contribution in [0, 0.1) is 0 Å². The van der Waals surface area contributed by atoms with Crippen LogP contribution < -0.4 is 14.8 Å². The SMILES string of the molecule is Clc1cc(CNc2cnns2)cc2c1OCO2. The van der Waals surface area contributed by atoms with Gasteiger partial charge in [0.05, 0.1) is 11.2 Å². The van der Waals surface area contributed by atoms with Crippen LogP contribution >= 0.6 is 23.1 Å². The molecule has 1 aromatic heterocycles. The first kappa shape index (κ1) is 10.6. The van der Waals surface area contributed by atoms with Crippen molar-refractivity contribution in [1.29, 1.82) is 0 Å². The lowest BCUT2D eigenvalue weighted by atomic mass is 10.2. The van der Waals surface area contributed by atoms with Crippen molar-refractivity contribution in [3.05, 3.63) is 28.9 Å². The van der Waals surface area contributed by atoms with Gasteiger partial charge >= 0.3 is 0 Å². The molecule has 2 heterocycles. The van der Waals surface area contributed by atoms with Gasteiger partial charge in [0.15, 0.2) is 11.5 Å². The van der Waals surface area contributed by atoms with Crippen LogP contribution in [0.15, 0.2) is 18.3 Å².